The highest BCUT2D eigenvalue weighted by Gasteiger charge is 2.26. The monoisotopic (exact) mass is 375 g/mol. The van der Waals surface area contributed by atoms with E-state index in [0.717, 1.165) is 16.7 Å². The molecule has 1 aromatic heterocycles. The molecule has 1 aliphatic rings. The van der Waals surface area contributed by atoms with E-state index in [1.54, 1.807) is 6.92 Å². The molecule has 2 heterocycles. The van der Waals surface area contributed by atoms with Crippen LogP contribution in [0.1, 0.15) is 37.3 Å². The van der Waals surface area contributed by atoms with Crippen molar-refractivity contribution < 1.29 is 9.53 Å². The van der Waals surface area contributed by atoms with Crippen LogP contribution in [0.25, 0.3) is 11.1 Å². The van der Waals surface area contributed by atoms with Crippen molar-refractivity contribution in [3.05, 3.63) is 82.3 Å². The maximum atomic E-state index is 12.9. The Labute approximate surface area is 162 Å². The number of fused-ring (bicyclic) bond motifs is 1. The predicted molar refractivity (Wildman–Crippen MR) is 107 cm³/mol. The van der Waals surface area contributed by atoms with Crippen LogP contribution in [0.3, 0.4) is 0 Å². The Balaban J connectivity index is 1.62. The van der Waals surface area contributed by atoms with E-state index in [0.29, 0.717) is 18.0 Å². The number of anilines is 1. The number of rotatable bonds is 4. The lowest BCUT2D eigenvalue weighted by atomic mass is 10.0. The minimum absolute atomic E-state index is 0.184. The summed E-state index contributed by atoms with van der Waals surface area (Å²) in [6.07, 6.45) is -0.184. The number of para-hydroxylation sites is 1. The molecule has 6 heteroatoms. The lowest BCUT2D eigenvalue weighted by Gasteiger charge is -2.17. The Hall–Kier alpha value is -3.25. The minimum atomic E-state index is -0.755. The highest BCUT2D eigenvalue weighted by molar-refractivity contribution is 5.97. The van der Waals surface area contributed by atoms with Crippen molar-refractivity contribution in [1.82, 2.24) is 9.78 Å². The molecular formula is C22H21N3O3. The van der Waals surface area contributed by atoms with Gasteiger partial charge in [0.05, 0.1) is 18.4 Å². The van der Waals surface area contributed by atoms with Gasteiger partial charge in [0.2, 0.25) is 5.91 Å². The van der Waals surface area contributed by atoms with E-state index >= 15 is 0 Å². The molecule has 142 valence electrons. The van der Waals surface area contributed by atoms with Gasteiger partial charge in [-0.1, -0.05) is 48.5 Å². The van der Waals surface area contributed by atoms with Gasteiger partial charge in [-0.25, -0.2) is 4.68 Å². The van der Waals surface area contributed by atoms with Crippen LogP contribution in [-0.2, 0) is 16.1 Å². The van der Waals surface area contributed by atoms with Crippen molar-refractivity contribution >= 4 is 11.6 Å². The van der Waals surface area contributed by atoms with Crippen molar-refractivity contribution in [3.63, 3.8) is 0 Å². The van der Waals surface area contributed by atoms with E-state index < -0.39 is 6.04 Å². The van der Waals surface area contributed by atoms with Crippen molar-refractivity contribution in [2.75, 3.05) is 5.32 Å². The fourth-order valence-electron chi connectivity index (χ4n) is 3.36. The summed E-state index contributed by atoms with van der Waals surface area (Å²) in [4.78, 5) is 25.3. The lowest BCUT2D eigenvalue weighted by molar-refractivity contribution is -0.119. The number of nitrogens with zero attached hydrogens (tertiary/aromatic N) is 2. The Bertz CT molecular complexity index is 1080. The molecule has 0 saturated carbocycles. The Morgan fingerprint density at radius 2 is 1.89 bits per heavy atom. The SMILES string of the molecule is C[C@@H]1OCc2cc(=O)n([C@H](C)C(=O)Nc3ccccc3-c3ccccc3)nc21. The number of amides is 1. The second-order valence-corrected chi connectivity index (χ2v) is 6.87. The normalized spacial score (nSPS) is 16.4. The lowest BCUT2D eigenvalue weighted by Crippen LogP contribution is -2.34. The molecule has 28 heavy (non-hydrogen) atoms. The molecule has 4 rings (SSSR count). The number of benzene rings is 2. The summed E-state index contributed by atoms with van der Waals surface area (Å²) in [5.41, 5.74) is 3.80. The van der Waals surface area contributed by atoms with Crippen molar-refractivity contribution in [2.24, 2.45) is 0 Å². The molecule has 0 aliphatic carbocycles. The van der Waals surface area contributed by atoms with Gasteiger partial charge in [-0.3, -0.25) is 9.59 Å². The van der Waals surface area contributed by atoms with E-state index in [1.807, 2.05) is 61.5 Å². The number of carbonyl (C=O) groups is 1. The molecule has 0 fully saturated rings. The second kappa shape index (κ2) is 7.40. The number of ether oxygens (including phenoxy) is 1. The minimum Gasteiger partial charge on any atom is -0.367 e. The zero-order valence-electron chi connectivity index (χ0n) is 15.8. The Morgan fingerprint density at radius 1 is 1.18 bits per heavy atom. The van der Waals surface area contributed by atoms with Crippen LogP contribution in [0.4, 0.5) is 5.69 Å². The first-order valence-electron chi connectivity index (χ1n) is 9.24. The summed E-state index contributed by atoms with van der Waals surface area (Å²) in [6, 6.07) is 18.2. The molecule has 1 N–H and O–H groups in total. The standard InChI is InChI=1S/C22H21N3O3/c1-14(25-20(26)12-17-13-28-15(2)21(17)24-25)22(27)23-19-11-7-6-10-18(19)16-8-4-3-5-9-16/h3-12,14-15H,13H2,1-2H3,(H,23,27)/t14-,15+/m1/s1. The first-order valence-corrected chi connectivity index (χ1v) is 9.24. The van der Waals surface area contributed by atoms with Gasteiger partial charge in [0.15, 0.2) is 0 Å². The summed E-state index contributed by atoms with van der Waals surface area (Å²) in [5, 5.41) is 7.34. The number of carbonyl (C=O) groups excluding carboxylic acids is 1. The molecule has 0 radical (unpaired) electrons. The number of aromatic nitrogens is 2. The first-order chi connectivity index (χ1) is 13.5. The molecule has 3 aromatic rings. The quantitative estimate of drug-likeness (QED) is 0.755. The summed E-state index contributed by atoms with van der Waals surface area (Å²) >= 11 is 0. The predicted octanol–water partition coefficient (Wildman–Crippen LogP) is 3.70. The number of nitrogens with one attached hydrogen (secondary N) is 1. The van der Waals surface area contributed by atoms with Gasteiger partial charge >= 0.3 is 0 Å². The van der Waals surface area contributed by atoms with Gasteiger partial charge in [0.25, 0.3) is 5.56 Å². The smallest absolute Gasteiger partial charge is 0.267 e. The van der Waals surface area contributed by atoms with Crippen LogP contribution in [0.2, 0.25) is 0 Å². The molecule has 2 atom stereocenters. The van der Waals surface area contributed by atoms with E-state index in [-0.39, 0.29) is 17.6 Å². The molecule has 0 bridgehead atoms. The van der Waals surface area contributed by atoms with E-state index in [2.05, 4.69) is 10.4 Å². The van der Waals surface area contributed by atoms with Crippen LogP contribution in [0, 0.1) is 0 Å². The first kappa shape index (κ1) is 18.1. The average Bonchev–Trinajstić information content (AvgIpc) is 3.07. The fraction of sp³-hybridized carbons (Fsp3) is 0.227. The van der Waals surface area contributed by atoms with Gasteiger partial charge in [-0.2, -0.15) is 5.10 Å². The summed E-state index contributed by atoms with van der Waals surface area (Å²) in [6.45, 7) is 3.93. The Morgan fingerprint density at radius 3 is 2.68 bits per heavy atom. The number of hydrogen-bond donors (Lipinski definition) is 1. The molecule has 0 spiro atoms. The third-order valence-corrected chi connectivity index (χ3v) is 4.96. The molecule has 0 saturated heterocycles. The van der Waals surface area contributed by atoms with E-state index in [4.69, 9.17) is 4.74 Å². The van der Waals surface area contributed by atoms with Crippen molar-refractivity contribution in [1.29, 1.82) is 0 Å². The maximum Gasteiger partial charge on any atom is 0.267 e. The average molecular weight is 375 g/mol. The summed E-state index contributed by atoms with van der Waals surface area (Å²) in [7, 11) is 0. The fourth-order valence-corrected chi connectivity index (χ4v) is 3.36. The van der Waals surface area contributed by atoms with Gasteiger partial charge in [-0.15, -0.1) is 0 Å². The van der Waals surface area contributed by atoms with Gasteiger partial charge in [0, 0.05) is 22.9 Å². The van der Waals surface area contributed by atoms with E-state index in [9.17, 15) is 9.59 Å². The topological polar surface area (TPSA) is 73.2 Å². The maximum absolute atomic E-state index is 12.9. The third kappa shape index (κ3) is 3.34. The highest BCUT2D eigenvalue weighted by Crippen LogP contribution is 2.29. The van der Waals surface area contributed by atoms with Crippen LogP contribution < -0.4 is 10.9 Å². The largest absolute Gasteiger partial charge is 0.367 e. The van der Waals surface area contributed by atoms with Crippen molar-refractivity contribution in [2.45, 2.75) is 32.6 Å². The molecule has 1 amide bonds. The molecule has 1 aliphatic heterocycles. The molecular weight excluding hydrogens is 354 g/mol. The summed E-state index contributed by atoms with van der Waals surface area (Å²) < 4.78 is 6.75. The Kier molecular flexibility index (Phi) is 4.79. The van der Waals surface area contributed by atoms with Gasteiger partial charge < -0.3 is 10.1 Å². The van der Waals surface area contributed by atoms with Crippen LogP contribution >= 0.6 is 0 Å². The van der Waals surface area contributed by atoms with Crippen LogP contribution in [-0.4, -0.2) is 15.7 Å². The second-order valence-electron chi connectivity index (χ2n) is 6.87. The zero-order chi connectivity index (χ0) is 19.7. The molecule has 0 unspecified atom stereocenters. The summed E-state index contributed by atoms with van der Waals surface area (Å²) in [5.74, 6) is -0.301. The van der Waals surface area contributed by atoms with Crippen molar-refractivity contribution in [3.8, 4) is 11.1 Å². The molecule has 6 nitrogen and oxygen atoms in total. The van der Waals surface area contributed by atoms with Crippen LogP contribution in [0.5, 0.6) is 0 Å². The number of hydrogen-bond acceptors (Lipinski definition) is 4. The third-order valence-electron chi connectivity index (χ3n) is 4.96. The van der Waals surface area contributed by atoms with Gasteiger partial charge in [-0.05, 0) is 25.5 Å². The van der Waals surface area contributed by atoms with Crippen LogP contribution in [0.15, 0.2) is 65.5 Å². The molecule has 2 aromatic carbocycles. The zero-order valence-corrected chi connectivity index (χ0v) is 15.8. The van der Waals surface area contributed by atoms with E-state index in [1.165, 1.54) is 10.7 Å². The van der Waals surface area contributed by atoms with Gasteiger partial charge in [0.1, 0.15) is 6.04 Å². The highest BCUT2D eigenvalue weighted by atomic mass is 16.5.